The van der Waals surface area contributed by atoms with E-state index in [1.54, 1.807) is 0 Å². The molecule has 1 heterocycles. The third-order valence-corrected chi connectivity index (χ3v) is 6.07. The first kappa shape index (κ1) is 21.9. The van der Waals surface area contributed by atoms with Gasteiger partial charge >= 0.3 is 0 Å². The van der Waals surface area contributed by atoms with Crippen molar-refractivity contribution in [3.05, 3.63) is 47.5 Å². The van der Waals surface area contributed by atoms with Gasteiger partial charge in [0, 0.05) is 25.6 Å². The third-order valence-electron chi connectivity index (χ3n) is 6.07. The molecule has 0 aromatic heterocycles. The van der Waals surface area contributed by atoms with Gasteiger partial charge in [-0.2, -0.15) is 0 Å². The van der Waals surface area contributed by atoms with E-state index in [2.05, 4.69) is 23.2 Å². The number of nitrogens with zero attached hydrogens (tertiary/aromatic N) is 1. The lowest BCUT2D eigenvalue weighted by Gasteiger charge is -2.37. The lowest BCUT2D eigenvalue weighted by Crippen LogP contribution is -2.50. The van der Waals surface area contributed by atoms with Gasteiger partial charge in [0.25, 0.3) is 5.91 Å². The summed E-state index contributed by atoms with van der Waals surface area (Å²) in [6.07, 6.45) is 8.40. The molecule has 1 aliphatic carbocycles. The molecule has 1 fully saturated rings. The van der Waals surface area contributed by atoms with Crippen LogP contribution in [0, 0.1) is 5.92 Å². The van der Waals surface area contributed by atoms with Crippen LogP contribution in [0.1, 0.15) is 51.0 Å². The highest BCUT2D eigenvalue weighted by Crippen LogP contribution is 2.39. The second kappa shape index (κ2) is 10.3. The van der Waals surface area contributed by atoms with Crippen LogP contribution in [0.5, 0.6) is 0 Å². The van der Waals surface area contributed by atoms with Crippen molar-refractivity contribution in [1.29, 1.82) is 0 Å². The molecule has 1 amide bonds. The number of hydrogen-bond donors (Lipinski definition) is 2. The average Bonchev–Trinajstić information content (AvgIpc) is 2.73. The first-order chi connectivity index (χ1) is 12.6. The largest absolute Gasteiger partial charge is 0.375 e. The summed E-state index contributed by atoms with van der Waals surface area (Å²) in [7, 11) is 0. The number of benzene rings is 1. The van der Waals surface area contributed by atoms with Gasteiger partial charge in [-0.1, -0.05) is 68.2 Å². The second-order valence-corrected chi connectivity index (χ2v) is 7.66. The Morgan fingerprint density at radius 2 is 1.93 bits per heavy atom. The van der Waals surface area contributed by atoms with Crippen LogP contribution >= 0.6 is 12.4 Å². The van der Waals surface area contributed by atoms with Gasteiger partial charge < -0.3 is 10.4 Å². The lowest BCUT2D eigenvalue weighted by molar-refractivity contribution is -0.149. The Balaban J connectivity index is 0.00000261. The number of likely N-dealkylation sites (N-methyl/N-ethyl adjacent to an activating group) is 1. The highest BCUT2D eigenvalue weighted by Gasteiger charge is 2.45. The van der Waals surface area contributed by atoms with Crippen LogP contribution in [0.25, 0.3) is 0 Å². The van der Waals surface area contributed by atoms with Gasteiger partial charge in [0.1, 0.15) is 0 Å². The van der Waals surface area contributed by atoms with E-state index in [0.717, 1.165) is 57.3 Å². The molecule has 1 unspecified atom stereocenters. The molecule has 4 nitrogen and oxygen atoms in total. The van der Waals surface area contributed by atoms with Gasteiger partial charge in [0.2, 0.25) is 0 Å². The summed E-state index contributed by atoms with van der Waals surface area (Å²) < 4.78 is 0. The van der Waals surface area contributed by atoms with Crippen molar-refractivity contribution < 1.29 is 9.90 Å². The van der Waals surface area contributed by atoms with Crippen LogP contribution in [0.3, 0.4) is 0 Å². The molecule has 5 heteroatoms. The van der Waals surface area contributed by atoms with Crippen molar-refractivity contribution >= 4 is 18.3 Å². The predicted octanol–water partition coefficient (Wildman–Crippen LogP) is 3.64. The molecule has 2 aliphatic rings. The maximum atomic E-state index is 13.1. The zero-order valence-electron chi connectivity index (χ0n) is 16.3. The van der Waals surface area contributed by atoms with Crippen molar-refractivity contribution in [2.75, 3.05) is 26.2 Å². The van der Waals surface area contributed by atoms with Crippen LogP contribution < -0.4 is 5.32 Å². The monoisotopic (exact) mass is 392 g/mol. The summed E-state index contributed by atoms with van der Waals surface area (Å²) in [5, 5.41) is 14.6. The smallest absolute Gasteiger partial charge is 0.257 e. The molecule has 1 aromatic rings. The van der Waals surface area contributed by atoms with E-state index >= 15 is 0 Å². The molecule has 150 valence electrons. The molecule has 0 bridgehead atoms. The highest BCUT2D eigenvalue weighted by atomic mass is 35.5. The Kier molecular flexibility index (Phi) is 8.33. The predicted molar refractivity (Wildman–Crippen MR) is 112 cm³/mol. The summed E-state index contributed by atoms with van der Waals surface area (Å²) in [6.45, 7) is 5.77. The Hall–Kier alpha value is -1.36. The number of hydrogen-bond acceptors (Lipinski definition) is 3. The fourth-order valence-corrected chi connectivity index (χ4v) is 4.29. The van der Waals surface area contributed by atoms with E-state index in [9.17, 15) is 9.90 Å². The summed E-state index contributed by atoms with van der Waals surface area (Å²) >= 11 is 0. The van der Waals surface area contributed by atoms with Crippen molar-refractivity contribution in [3.8, 4) is 0 Å². The third kappa shape index (κ3) is 5.13. The van der Waals surface area contributed by atoms with Crippen molar-refractivity contribution in [2.45, 2.75) is 51.0 Å². The van der Waals surface area contributed by atoms with E-state index < -0.39 is 5.60 Å². The number of halogens is 1. The van der Waals surface area contributed by atoms with Crippen LogP contribution in [0.2, 0.25) is 0 Å². The van der Waals surface area contributed by atoms with Gasteiger partial charge in [-0.05, 0) is 31.4 Å². The number of rotatable bonds is 6. The lowest BCUT2D eigenvalue weighted by atomic mass is 9.73. The topological polar surface area (TPSA) is 52.6 Å². The Labute approximate surface area is 169 Å². The van der Waals surface area contributed by atoms with Crippen LogP contribution in [-0.2, 0) is 10.4 Å². The number of amides is 1. The molecule has 1 aliphatic heterocycles. The molecular weight excluding hydrogens is 360 g/mol. The van der Waals surface area contributed by atoms with E-state index in [4.69, 9.17) is 0 Å². The van der Waals surface area contributed by atoms with Crippen molar-refractivity contribution in [2.24, 2.45) is 5.92 Å². The molecule has 0 radical (unpaired) electrons. The zero-order valence-corrected chi connectivity index (χ0v) is 17.1. The summed E-state index contributed by atoms with van der Waals surface area (Å²) in [6, 6.07) is 9.49. The molecule has 3 rings (SSSR count). The number of carbonyl (C=O) groups is 1. The SMILES string of the molecule is CCN1CC=C(CNC(=O)C(O)(c2ccccc2)C2CCCCC2)CC1.Cl. The van der Waals surface area contributed by atoms with Gasteiger partial charge in [-0.3, -0.25) is 9.69 Å². The van der Waals surface area contributed by atoms with Crippen LogP contribution in [0.4, 0.5) is 0 Å². The molecule has 1 aromatic carbocycles. The number of carbonyl (C=O) groups excluding carboxylic acids is 1. The molecule has 0 spiro atoms. The molecule has 2 N–H and O–H groups in total. The zero-order chi connectivity index (χ0) is 18.4. The molecule has 27 heavy (non-hydrogen) atoms. The van der Waals surface area contributed by atoms with E-state index in [1.807, 2.05) is 30.3 Å². The van der Waals surface area contributed by atoms with Crippen molar-refractivity contribution in [3.63, 3.8) is 0 Å². The maximum Gasteiger partial charge on any atom is 0.257 e. The normalized spacial score (nSPS) is 20.9. The van der Waals surface area contributed by atoms with Gasteiger partial charge in [0.15, 0.2) is 5.60 Å². The van der Waals surface area contributed by atoms with Crippen LogP contribution in [0.15, 0.2) is 42.0 Å². The fraction of sp³-hybridized carbons (Fsp3) is 0.591. The summed E-state index contributed by atoms with van der Waals surface area (Å²) in [5.74, 6) is -0.246. The summed E-state index contributed by atoms with van der Waals surface area (Å²) in [5.41, 5.74) is 0.563. The van der Waals surface area contributed by atoms with Crippen molar-refractivity contribution in [1.82, 2.24) is 10.2 Å². The average molecular weight is 393 g/mol. The minimum Gasteiger partial charge on any atom is -0.375 e. The fourth-order valence-electron chi connectivity index (χ4n) is 4.29. The quantitative estimate of drug-likeness (QED) is 0.726. The van der Waals surface area contributed by atoms with Gasteiger partial charge in [-0.25, -0.2) is 0 Å². The number of nitrogens with one attached hydrogen (secondary N) is 1. The standard InChI is InChI=1S/C22H32N2O2.ClH/c1-2-24-15-13-18(14-16-24)17-23-21(25)22(26,19-9-5-3-6-10-19)20-11-7-4-8-12-20;/h3,5-6,9-10,13,20,26H,2,4,7-8,11-12,14-17H2,1H3,(H,23,25);1H. The van der Waals surface area contributed by atoms with Crippen LogP contribution in [-0.4, -0.2) is 42.1 Å². The first-order valence-electron chi connectivity index (χ1n) is 10.1. The van der Waals surface area contributed by atoms with Gasteiger partial charge in [-0.15, -0.1) is 12.4 Å². The highest BCUT2D eigenvalue weighted by molar-refractivity contribution is 5.87. The van der Waals surface area contributed by atoms with E-state index in [1.165, 1.54) is 12.0 Å². The second-order valence-electron chi connectivity index (χ2n) is 7.66. The van der Waals surface area contributed by atoms with E-state index in [-0.39, 0.29) is 24.2 Å². The number of aliphatic hydroxyl groups is 1. The minimum atomic E-state index is -1.42. The maximum absolute atomic E-state index is 13.1. The first-order valence-corrected chi connectivity index (χ1v) is 10.1. The molecule has 0 saturated heterocycles. The Morgan fingerprint density at radius 3 is 2.52 bits per heavy atom. The van der Waals surface area contributed by atoms with E-state index in [0.29, 0.717) is 6.54 Å². The molecule has 1 saturated carbocycles. The molecule has 1 atom stereocenters. The minimum absolute atomic E-state index is 0. The Bertz CT molecular complexity index is 628. The molecular formula is C22H33ClN2O2. The Morgan fingerprint density at radius 1 is 1.22 bits per heavy atom. The summed E-state index contributed by atoms with van der Waals surface area (Å²) in [4.78, 5) is 15.5. The van der Waals surface area contributed by atoms with Gasteiger partial charge in [0.05, 0.1) is 0 Å².